The molecule has 1 aliphatic carbocycles. The Kier molecular flexibility index (Phi) is 3.82. The molecule has 0 bridgehead atoms. The van der Waals surface area contributed by atoms with E-state index in [0.717, 1.165) is 24.3 Å². The molecule has 0 heterocycles. The fourth-order valence-corrected chi connectivity index (χ4v) is 2.87. The minimum atomic E-state index is -5.53. The Hall–Kier alpha value is -2.50. The lowest BCUT2D eigenvalue weighted by atomic mass is 9.94. The van der Waals surface area contributed by atoms with Gasteiger partial charge in [-0.05, 0) is 16.7 Å². The highest BCUT2D eigenvalue weighted by Gasteiger charge is 2.80. The van der Waals surface area contributed by atoms with Crippen molar-refractivity contribution in [2.45, 2.75) is 17.8 Å². The summed E-state index contributed by atoms with van der Waals surface area (Å²) in [4.78, 5) is 0. The van der Waals surface area contributed by atoms with Gasteiger partial charge in [0.2, 0.25) is 0 Å². The predicted octanol–water partition coefficient (Wildman–Crippen LogP) is 6.16. The van der Waals surface area contributed by atoms with Crippen molar-refractivity contribution in [1.82, 2.24) is 0 Å². The van der Waals surface area contributed by atoms with E-state index in [1.807, 2.05) is 0 Å². The Morgan fingerprint density at radius 1 is 0.640 bits per heavy atom. The minimum Gasteiger partial charge on any atom is -0.194 e. The highest BCUT2D eigenvalue weighted by atomic mass is 19.3. The maximum absolute atomic E-state index is 14.4. The van der Waals surface area contributed by atoms with Crippen molar-refractivity contribution in [2.75, 3.05) is 0 Å². The van der Waals surface area contributed by atoms with Gasteiger partial charge in [-0.2, -0.15) is 26.3 Å². The number of hydrogen-bond donors (Lipinski definition) is 0. The molecule has 0 nitrogen and oxygen atoms in total. The SMILES string of the molecule is C=Cc1ccc(C2=C(c3ccccc3)C(F)(F)C(F)(F)C2(F)F)cc1. The molecule has 0 N–H and O–H groups in total. The molecule has 0 unspecified atom stereocenters. The average Bonchev–Trinajstić information content (AvgIpc) is 2.70. The van der Waals surface area contributed by atoms with Crippen LogP contribution in [0, 0.1) is 0 Å². The van der Waals surface area contributed by atoms with Gasteiger partial charge in [-0.1, -0.05) is 67.3 Å². The van der Waals surface area contributed by atoms with Gasteiger partial charge in [-0.15, -0.1) is 0 Å². The first-order valence-electron chi connectivity index (χ1n) is 7.31. The largest absolute Gasteiger partial charge is 0.380 e. The van der Waals surface area contributed by atoms with Crippen LogP contribution >= 0.6 is 0 Å². The molecular weight excluding hydrogens is 342 g/mol. The summed E-state index contributed by atoms with van der Waals surface area (Å²) in [6.07, 6.45) is 1.42. The Morgan fingerprint density at radius 3 is 1.52 bits per heavy atom. The molecule has 0 saturated heterocycles. The number of allylic oxidation sites excluding steroid dienone is 2. The zero-order valence-electron chi connectivity index (χ0n) is 12.7. The number of hydrogen-bond acceptors (Lipinski definition) is 0. The van der Waals surface area contributed by atoms with Crippen molar-refractivity contribution in [3.05, 3.63) is 77.9 Å². The standard InChI is InChI=1S/C19H12F6/c1-2-12-8-10-14(11-9-12)16-15(13-6-4-3-5-7-13)17(20,21)19(24,25)18(16,22)23/h2-11H,1H2. The van der Waals surface area contributed by atoms with Crippen molar-refractivity contribution in [1.29, 1.82) is 0 Å². The molecule has 2 aromatic rings. The van der Waals surface area contributed by atoms with E-state index in [-0.39, 0.29) is 11.1 Å². The summed E-state index contributed by atoms with van der Waals surface area (Å²) in [7, 11) is 0. The summed E-state index contributed by atoms with van der Waals surface area (Å²) >= 11 is 0. The molecule has 130 valence electrons. The molecule has 0 aromatic heterocycles. The van der Waals surface area contributed by atoms with Crippen LogP contribution in [0.4, 0.5) is 26.3 Å². The van der Waals surface area contributed by atoms with Crippen LogP contribution in [0.1, 0.15) is 16.7 Å². The van der Waals surface area contributed by atoms with E-state index in [1.165, 1.54) is 36.4 Å². The van der Waals surface area contributed by atoms with Gasteiger partial charge in [0.05, 0.1) is 0 Å². The van der Waals surface area contributed by atoms with E-state index >= 15 is 0 Å². The fraction of sp³-hybridized carbons (Fsp3) is 0.158. The van der Waals surface area contributed by atoms with Gasteiger partial charge in [-0.3, -0.25) is 0 Å². The topological polar surface area (TPSA) is 0 Å². The Bertz CT molecular complexity index is 832. The first-order chi connectivity index (χ1) is 11.6. The molecular formula is C19H12F6. The molecule has 0 saturated carbocycles. The number of benzene rings is 2. The number of halogens is 6. The Balaban J connectivity index is 2.35. The van der Waals surface area contributed by atoms with E-state index in [9.17, 15) is 26.3 Å². The fourth-order valence-electron chi connectivity index (χ4n) is 2.87. The van der Waals surface area contributed by atoms with E-state index < -0.39 is 28.9 Å². The van der Waals surface area contributed by atoms with Crippen LogP contribution in [-0.2, 0) is 0 Å². The maximum atomic E-state index is 14.4. The second-order valence-electron chi connectivity index (χ2n) is 5.67. The van der Waals surface area contributed by atoms with Gasteiger partial charge >= 0.3 is 17.8 Å². The lowest BCUT2D eigenvalue weighted by molar-refractivity contribution is -0.254. The third-order valence-corrected chi connectivity index (χ3v) is 4.16. The van der Waals surface area contributed by atoms with Crippen molar-refractivity contribution >= 4 is 17.2 Å². The third kappa shape index (κ3) is 2.31. The van der Waals surface area contributed by atoms with Gasteiger partial charge in [0.1, 0.15) is 0 Å². The molecule has 25 heavy (non-hydrogen) atoms. The molecule has 0 amide bonds. The quantitative estimate of drug-likeness (QED) is 0.579. The molecule has 0 spiro atoms. The van der Waals surface area contributed by atoms with Crippen molar-refractivity contribution in [3.63, 3.8) is 0 Å². The summed E-state index contributed by atoms with van der Waals surface area (Å²) in [6.45, 7) is 3.50. The van der Waals surface area contributed by atoms with Crippen LogP contribution in [0.5, 0.6) is 0 Å². The molecule has 0 radical (unpaired) electrons. The van der Waals surface area contributed by atoms with Gasteiger partial charge in [0.15, 0.2) is 0 Å². The van der Waals surface area contributed by atoms with E-state index in [0.29, 0.717) is 5.56 Å². The van der Waals surface area contributed by atoms with Gasteiger partial charge in [0, 0.05) is 11.1 Å². The summed E-state index contributed by atoms with van der Waals surface area (Å²) in [5, 5.41) is 0. The second-order valence-corrected chi connectivity index (χ2v) is 5.67. The summed E-state index contributed by atoms with van der Waals surface area (Å²) in [5.41, 5.74) is -2.91. The third-order valence-electron chi connectivity index (χ3n) is 4.16. The van der Waals surface area contributed by atoms with Crippen LogP contribution in [-0.4, -0.2) is 17.8 Å². The Labute approximate surface area is 140 Å². The summed E-state index contributed by atoms with van der Waals surface area (Å²) in [5.74, 6) is -15.6. The lowest BCUT2D eigenvalue weighted by Crippen LogP contribution is -2.48. The smallest absolute Gasteiger partial charge is 0.194 e. The highest BCUT2D eigenvalue weighted by Crippen LogP contribution is 2.64. The van der Waals surface area contributed by atoms with E-state index in [4.69, 9.17) is 0 Å². The normalized spacial score (nSPS) is 20.6. The van der Waals surface area contributed by atoms with Crippen LogP contribution in [0.25, 0.3) is 17.2 Å². The monoisotopic (exact) mass is 354 g/mol. The molecule has 0 fully saturated rings. The predicted molar refractivity (Wildman–Crippen MR) is 84.6 cm³/mol. The summed E-state index contributed by atoms with van der Waals surface area (Å²) in [6, 6.07) is 11.3. The highest BCUT2D eigenvalue weighted by molar-refractivity contribution is 6.01. The van der Waals surface area contributed by atoms with Crippen molar-refractivity contribution in [3.8, 4) is 0 Å². The van der Waals surface area contributed by atoms with Gasteiger partial charge in [-0.25, -0.2) is 0 Å². The molecule has 2 aromatic carbocycles. The summed E-state index contributed by atoms with van der Waals surface area (Å²) < 4.78 is 85.4. The van der Waals surface area contributed by atoms with Crippen LogP contribution < -0.4 is 0 Å². The maximum Gasteiger partial charge on any atom is 0.380 e. The van der Waals surface area contributed by atoms with Gasteiger partial charge < -0.3 is 0 Å². The zero-order valence-corrected chi connectivity index (χ0v) is 12.7. The van der Waals surface area contributed by atoms with E-state index in [2.05, 4.69) is 6.58 Å². The van der Waals surface area contributed by atoms with Crippen LogP contribution in [0.15, 0.2) is 61.2 Å². The van der Waals surface area contributed by atoms with E-state index in [1.54, 1.807) is 0 Å². The lowest BCUT2D eigenvalue weighted by Gasteiger charge is -2.25. The molecule has 0 atom stereocenters. The molecule has 0 aliphatic heterocycles. The Morgan fingerprint density at radius 2 is 1.08 bits per heavy atom. The minimum absolute atomic E-state index is 0.368. The first kappa shape index (κ1) is 17.3. The molecule has 3 rings (SSSR count). The molecule has 6 heteroatoms. The van der Waals surface area contributed by atoms with Crippen molar-refractivity contribution in [2.24, 2.45) is 0 Å². The number of rotatable bonds is 3. The van der Waals surface area contributed by atoms with Crippen LogP contribution in [0.2, 0.25) is 0 Å². The van der Waals surface area contributed by atoms with Gasteiger partial charge in [0.25, 0.3) is 0 Å². The zero-order chi connectivity index (χ0) is 18.5. The first-order valence-corrected chi connectivity index (χ1v) is 7.31. The number of alkyl halides is 6. The average molecular weight is 354 g/mol. The van der Waals surface area contributed by atoms with Crippen molar-refractivity contribution < 1.29 is 26.3 Å². The van der Waals surface area contributed by atoms with Crippen LogP contribution in [0.3, 0.4) is 0 Å². The molecule has 1 aliphatic rings. The second kappa shape index (κ2) is 5.51.